The van der Waals surface area contributed by atoms with Gasteiger partial charge in [0.25, 0.3) is 25.0 Å². The molecule has 0 saturated carbocycles. The Morgan fingerprint density at radius 2 is 0.694 bits per heavy atom. The van der Waals surface area contributed by atoms with Crippen molar-refractivity contribution in [1.82, 2.24) is 0 Å². The number of benzene rings is 6. The van der Waals surface area contributed by atoms with Crippen LogP contribution in [0.15, 0.2) is 188 Å². The first-order chi connectivity index (χ1) is 29.1. The Labute approximate surface area is 387 Å². The maximum absolute atomic E-state index is 8.20. The van der Waals surface area contributed by atoms with E-state index in [1.54, 1.807) is 6.26 Å². The molecular formula is C54H63LiO4Si3. The zero-order chi connectivity index (χ0) is 43.4. The van der Waals surface area contributed by atoms with Gasteiger partial charge in [0.15, 0.2) is 0 Å². The van der Waals surface area contributed by atoms with Crippen LogP contribution in [0.5, 0.6) is 0 Å². The van der Waals surface area contributed by atoms with Crippen molar-refractivity contribution in [2.45, 2.75) is 95.7 Å². The summed E-state index contributed by atoms with van der Waals surface area (Å²) in [6.07, 6.45) is 3.64. The predicted octanol–water partition coefficient (Wildman–Crippen LogP) is 6.17. The van der Waals surface area contributed by atoms with Crippen molar-refractivity contribution in [2.24, 2.45) is 0 Å². The number of rotatable bonds is 13. The third kappa shape index (κ3) is 9.02. The Morgan fingerprint density at radius 3 is 0.984 bits per heavy atom. The van der Waals surface area contributed by atoms with Gasteiger partial charge in [-0.05, 0) is 46.2 Å². The van der Waals surface area contributed by atoms with Crippen LogP contribution in [0, 0.1) is 6.08 Å². The van der Waals surface area contributed by atoms with Crippen LogP contribution in [0.4, 0.5) is 0 Å². The van der Waals surface area contributed by atoms with E-state index in [2.05, 4.69) is 250 Å². The van der Waals surface area contributed by atoms with Gasteiger partial charge in [0.1, 0.15) is 6.10 Å². The molecule has 0 amide bonds. The Hall–Kier alpha value is -4.01. The summed E-state index contributed by atoms with van der Waals surface area (Å²) < 4.78 is 30.8. The Kier molecular flexibility index (Phi) is 14.8. The molecule has 0 saturated heterocycles. The maximum Gasteiger partial charge on any atom is 1.00 e. The van der Waals surface area contributed by atoms with Gasteiger partial charge in [0.2, 0.25) is 0 Å². The smallest absolute Gasteiger partial charge is 0.530 e. The molecule has 6 aromatic rings. The molecular weight excluding hydrogens is 804 g/mol. The standard InChI is InChI=1S/C54H63O4Si3.Li/c1-52(2,3)59(43-28-16-10-17-29-43,44-30-18-11-19-31-44)56-42-50-51(58-61(54(7,8)9,47-36-24-14-25-37-47)48-38-26-15-27-39-48)49(40-41-55-50)57-60(53(4,5)6,45-32-20-12-21-33-45)46-34-22-13-23-35-46;/h10-39,41,49-51H,42H2,1-9H3;/q-1;+1/t49-,50-,51+;/m1./s1. The van der Waals surface area contributed by atoms with E-state index < -0.39 is 43.3 Å². The summed E-state index contributed by atoms with van der Waals surface area (Å²) in [5, 5.41) is 6.41. The molecule has 4 nitrogen and oxygen atoms in total. The van der Waals surface area contributed by atoms with Gasteiger partial charge < -0.3 is 24.1 Å². The molecule has 62 heavy (non-hydrogen) atoms. The Balaban J connectivity index is 0.00000641. The molecule has 8 heteroatoms. The minimum atomic E-state index is -3.18. The molecule has 0 N–H and O–H groups in total. The molecule has 0 bridgehead atoms. The monoisotopic (exact) mass is 866 g/mol. The van der Waals surface area contributed by atoms with Gasteiger partial charge in [-0.2, -0.15) is 0 Å². The SMILES string of the molecule is CC(C)(C)[Si](OC[C@H]1OC=[C-][C@@H](O[Si](c2ccccc2)(c2ccccc2)C(C)(C)C)[C@@H]1O[Si](c1ccccc1)(c1ccccc1)C(C)(C)C)(c1ccccc1)c1ccccc1.[Li+]. The Bertz CT molecular complexity index is 2190. The minimum Gasteiger partial charge on any atom is -0.530 e. The molecule has 0 spiro atoms. The summed E-state index contributed by atoms with van der Waals surface area (Å²) >= 11 is 0. The predicted molar refractivity (Wildman–Crippen MR) is 261 cm³/mol. The summed E-state index contributed by atoms with van der Waals surface area (Å²) in [5.41, 5.74) is 0. The quantitative estimate of drug-likeness (QED) is 0.103. The van der Waals surface area contributed by atoms with Crippen molar-refractivity contribution < 1.29 is 36.9 Å². The molecule has 0 fully saturated rings. The van der Waals surface area contributed by atoms with Crippen LogP contribution < -0.4 is 50.0 Å². The third-order valence-corrected chi connectivity index (χ3v) is 27.5. The van der Waals surface area contributed by atoms with Gasteiger partial charge in [0, 0.05) is 0 Å². The van der Waals surface area contributed by atoms with Crippen molar-refractivity contribution in [1.29, 1.82) is 0 Å². The molecule has 3 atom stereocenters. The van der Waals surface area contributed by atoms with Gasteiger partial charge in [-0.25, -0.2) is 0 Å². The van der Waals surface area contributed by atoms with E-state index >= 15 is 0 Å². The van der Waals surface area contributed by atoms with Crippen molar-refractivity contribution in [3.63, 3.8) is 0 Å². The zero-order valence-corrected chi connectivity index (χ0v) is 41.5. The van der Waals surface area contributed by atoms with Gasteiger partial charge in [-0.3, -0.25) is 0 Å². The van der Waals surface area contributed by atoms with Gasteiger partial charge in [-0.15, -0.1) is 0 Å². The first-order valence-corrected chi connectivity index (χ1v) is 27.4. The fourth-order valence-electron chi connectivity index (χ4n) is 9.68. The second kappa shape index (κ2) is 19.4. The van der Waals surface area contributed by atoms with Gasteiger partial charge >= 0.3 is 18.9 Å². The van der Waals surface area contributed by atoms with Crippen LogP contribution in [0.25, 0.3) is 0 Å². The first-order valence-electron chi connectivity index (χ1n) is 21.7. The van der Waals surface area contributed by atoms with Crippen molar-refractivity contribution in [3.05, 3.63) is 194 Å². The largest absolute Gasteiger partial charge is 1.00 e. The van der Waals surface area contributed by atoms with E-state index in [0.29, 0.717) is 0 Å². The van der Waals surface area contributed by atoms with Crippen LogP contribution in [0.1, 0.15) is 62.3 Å². The molecule has 0 radical (unpaired) electrons. The number of hydrogen-bond acceptors (Lipinski definition) is 4. The molecule has 7 rings (SSSR count). The summed E-state index contributed by atoms with van der Waals surface area (Å²) in [4.78, 5) is 0. The molecule has 1 heterocycles. The van der Waals surface area contributed by atoms with E-state index in [0.717, 1.165) is 0 Å². The van der Waals surface area contributed by atoms with Crippen molar-refractivity contribution in [2.75, 3.05) is 6.61 Å². The fourth-order valence-corrected chi connectivity index (χ4v) is 23.5. The number of hydrogen-bond donors (Lipinski definition) is 0. The molecule has 0 unspecified atom stereocenters. The van der Waals surface area contributed by atoms with E-state index in [1.165, 1.54) is 31.1 Å². The second-order valence-electron chi connectivity index (χ2n) is 19.4. The molecule has 6 aromatic carbocycles. The van der Waals surface area contributed by atoms with Crippen LogP contribution in [-0.4, -0.2) is 49.9 Å². The van der Waals surface area contributed by atoms with Crippen LogP contribution in [0.2, 0.25) is 15.1 Å². The Morgan fingerprint density at radius 1 is 0.419 bits per heavy atom. The van der Waals surface area contributed by atoms with Crippen molar-refractivity contribution >= 4 is 56.1 Å². The van der Waals surface area contributed by atoms with Gasteiger partial charge in [-0.1, -0.05) is 257 Å². The van der Waals surface area contributed by atoms with Crippen LogP contribution >= 0.6 is 0 Å². The molecule has 316 valence electrons. The molecule has 0 aliphatic carbocycles. The van der Waals surface area contributed by atoms with E-state index in [9.17, 15) is 0 Å². The van der Waals surface area contributed by atoms with Crippen LogP contribution in [-0.2, 0) is 18.0 Å². The van der Waals surface area contributed by atoms with E-state index in [4.69, 9.17) is 18.0 Å². The molecule has 0 aromatic heterocycles. The minimum absolute atomic E-state index is 0. The summed E-state index contributed by atoms with van der Waals surface area (Å²) in [6.45, 7) is 21.2. The topological polar surface area (TPSA) is 36.9 Å². The zero-order valence-electron chi connectivity index (χ0n) is 38.5. The molecule has 1 aliphatic rings. The van der Waals surface area contributed by atoms with E-state index in [1.807, 2.05) is 0 Å². The second-order valence-corrected chi connectivity index (χ2v) is 32.2. The first kappa shape index (κ1) is 47.5. The van der Waals surface area contributed by atoms with E-state index in [-0.39, 0.29) is 40.6 Å². The number of ether oxygens (including phenoxy) is 1. The maximum atomic E-state index is 8.20. The normalized spacial score (nSPS) is 17.5. The fraction of sp³-hybridized carbons (Fsp3) is 0.296. The third-order valence-electron chi connectivity index (χ3n) is 12.5. The van der Waals surface area contributed by atoms with Gasteiger partial charge in [0.05, 0.1) is 12.7 Å². The summed E-state index contributed by atoms with van der Waals surface area (Å²) in [5.74, 6) is 0. The average molecular weight is 867 g/mol. The summed E-state index contributed by atoms with van der Waals surface area (Å²) in [6, 6.07) is 65.1. The van der Waals surface area contributed by atoms with Crippen LogP contribution in [0.3, 0.4) is 0 Å². The molecule has 1 aliphatic heterocycles. The van der Waals surface area contributed by atoms with Crippen molar-refractivity contribution in [3.8, 4) is 0 Å². The summed E-state index contributed by atoms with van der Waals surface area (Å²) in [7, 11) is -9.28. The average Bonchev–Trinajstić information content (AvgIpc) is 3.26.